The number of amides is 1. The fourth-order valence-electron chi connectivity index (χ4n) is 1.98. The number of halogens is 1. The maximum absolute atomic E-state index is 12.4. The number of aromatic carboxylic acids is 1. The Balaban J connectivity index is 2.35. The minimum atomic E-state index is -3.99. The molecule has 0 saturated heterocycles. The third-order valence-corrected chi connectivity index (χ3v) is 4.99. The van der Waals surface area contributed by atoms with Crippen molar-refractivity contribution < 1.29 is 23.1 Å². The van der Waals surface area contributed by atoms with E-state index in [1.807, 2.05) is 0 Å². The van der Waals surface area contributed by atoms with Gasteiger partial charge in [0, 0.05) is 19.7 Å². The minimum absolute atomic E-state index is 0.0319. The molecule has 2 aromatic carbocycles. The average molecular weight is 383 g/mol. The molecule has 0 aliphatic rings. The lowest BCUT2D eigenvalue weighted by Crippen LogP contribution is -2.22. The van der Waals surface area contributed by atoms with Crippen molar-refractivity contribution in [3.05, 3.63) is 58.6 Å². The smallest absolute Gasteiger partial charge is 0.335 e. The highest BCUT2D eigenvalue weighted by atomic mass is 35.5. The molecule has 2 aromatic rings. The fraction of sp³-hybridized carbons (Fsp3) is 0.125. The van der Waals surface area contributed by atoms with E-state index in [4.69, 9.17) is 16.7 Å². The van der Waals surface area contributed by atoms with Crippen LogP contribution in [-0.2, 0) is 10.0 Å². The van der Waals surface area contributed by atoms with Crippen LogP contribution in [0.15, 0.2) is 47.4 Å². The summed E-state index contributed by atoms with van der Waals surface area (Å²) in [5.41, 5.74) is 0.292. The van der Waals surface area contributed by atoms with Crippen LogP contribution >= 0.6 is 11.6 Å². The maximum Gasteiger partial charge on any atom is 0.335 e. The van der Waals surface area contributed by atoms with Crippen LogP contribution in [0.4, 0.5) is 5.69 Å². The second kappa shape index (κ2) is 7.12. The van der Waals surface area contributed by atoms with E-state index in [9.17, 15) is 18.0 Å². The molecule has 0 unspecified atom stereocenters. The molecule has 132 valence electrons. The number of carboxylic acids is 1. The zero-order valence-corrected chi connectivity index (χ0v) is 14.9. The molecule has 0 bridgehead atoms. The van der Waals surface area contributed by atoms with Crippen LogP contribution in [0.5, 0.6) is 0 Å². The highest BCUT2D eigenvalue weighted by molar-refractivity contribution is 7.92. The van der Waals surface area contributed by atoms with Gasteiger partial charge in [0.1, 0.15) is 0 Å². The highest BCUT2D eigenvalue weighted by Gasteiger charge is 2.18. The van der Waals surface area contributed by atoms with Crippen LogP contribution < -0.4 is 4.72 Å². The molecule has 0 atom stereocenters. The van der Waals surface area contributed by atoms with Gasteiger partial charge < -0.3 is 10.0 Å². The molecule has 7 nitrogen and oxygen atoms in total. The van der Waals surface area contributed by atoms with Gasteiger partial charge in [0.15, 0.2) is 0 Å². The topological polar surface area (TPSA) is 104 Å². The van der Waals surface area contributed by atoms with Gasteiger partial charge in [0.05, 0.1) is 21.2 Å². The van der Waals surface area contributed by atoms with Crippen LogP contribution in [0.3, 0.4) is 0 Å². The van der Waals surface area contributed by atoms with E-state index < -0.39 is 16.0 Å². The van der Waals surface area contributed by atoms with Crippen molar-refractivity contribution in [2.24, 2.45) is 0 Å². The summed E-state index contributed by atoms with van der Waals surface area (Å²) in [4.78, 5) is 24.1. The zero-order valence-electron chi connectivity index (χ0n) is 13.4. The first-order chi connectivity index (χ1) is 11.6. The predicted octanol–water partition coefficient (Wildman–Crippen LogP) is 2.54. The molecule has 0 heterocycles. The number of carbonyl (C=O) groups excluding carboxylic acids is 1. The van der Waals surface area contributed by atoms with E-state index in [0.717, 1.165) is 0 Å². The first kappa shape index (κ1) is 18.8. The molecule has 0 fully saturated rings. The van der Waals surface area contributed by atoms with Gasteiger partial charge in [0.25, 0.3) is 15.9 Å². The Morgan fingerprint density at radius 2 is 1.60 bits per heavy atom. The number of carbonyl (C=O) groups is 2. The number of nitrogens with one attached hydrogen (secondary N) is 1. The number of hydrogen-bond donors (Lipinski definition) is 2. The summed E-state index contributed by atoms with van der Waals surface area (Å²) in [5, 5.41) is 8.98. The Labute approximate surface area is 149 Å². The zero-order chi connectivity index (χ0) is 18.8. The van der Waals surface area contributed by atoms with Gasteiger partial charge in [0.2, 0.25) is 0 Å². The lowest BCUT2D eigenvalue weighted by Gasteiger charge is -2.14. The van der Waals surface area contributed by atoms with E-state index in [2.05, 4.69) is 4.72 Å². The lowest BCUT2D eigenvalue weighted by atomic mass is 10.2. The quantitative estimate of drug-likeness (QED) is 0.826. The SMILES string of the molecule is CN(C)C(=O)c1ccc(Cl)c(NS(=O)(=O)c2ccc(C(=O)O)cc2)c1. The van der Waals surface area contributed by atoms with Crippen molar-refractivity contribution in [3.63, 3.8) is 0 Å². The maximum atomic E-state index is 12.4. The van der Waals surface area contributed by atoms with Gasteiger partial charge in [-0.2, -0.15) is 0 Å². The second-order valence-corrected chi connectivity index (χ2v) is 7.42. The number of nitrogens with zero attached hydrogens (tertiary/aromatic N) is 1. The van der Waals surface area contributed by atoms with Crippen molar-refractivity contribution in [2.45, 2.75) is 4.90 Å². The van der Waals surface area contributed by atoms with E-state index in [1.165, 1.54) is 47.4 Å². The number of anilines is 1. The fourth-order valence-corrected chi connectivity index (χ4v) is 3.27. The number of sulfonamides is 1. The Hall–Kier alpha value is -2.58. The Bertz CT molecular complexity index is 924. The van der Waals surface area contributed by atoms with Crippen LogP contribution in [0.2, 0.25) is 5.02 Å². The number of carboxylic acid groups (broad SMARTS) is 1. The number of rotatable bonds is 5. The van der Waals surface area contributed by atoms with Crippen molar-refractivity contribution in [3.8, 4) is 0 Å². The summed E-state index contributed by atoms with van der Waals surface area (Å²) in [6, 6.07) is 8.97. The predicted molar refractivity (Wildman–Crippen MR) is 93.7 cm³/mol. The monoisotopic (exact) mass is 382 g/mol. The molecule has 0 aliphatic heterocycles. The molecule has 0 radical (unpaired) electrons. The molecule has 0 spiro atoms. The molecule has 1 amide bonds. The van der Waals surface area contributed by atoms with E-state index in [-0.39, 0.29) is 32.6 Å². The van der Waals surface area contributed by atoms with Crippen molar-refractivity contribution in [2.75, 3.05) is 18.8 Å². The van der Waals surface area contributed by atoms with Crippen LogP contribution in [-0.4, -0.2) is 44.4 Å². The Kier molecular flexibility index (Phi) is 5.34. The number of benzene rings is 2. The largest absolute Gasteiger partial charge is 0.478 e. The van der Waals surface area contributed by atoms with Crippen molar-refractivity contribution >= 4 is 39.2 Å². The van der Waals surface area contributed by atoms with Crippen molar-refractivity contribution in [1.82, 2.24) is 4.90 Å². The summed E-state index contributed by atoms with van der Waals surface area (Å²) in [7, 11) is -0.845. The van der Waals surface area contributed by atoms with E-state index >= 15 is 0 Å². The summed E-state index contributed by atoms with van der Waals surface area (Å²) >= 11 is 6.01. The summed E-state index contributed by atoms with van der Waals surface area (Å²) < 4.78 is 27.2. The summed E-state index contributed by atoms with van der Waals surface area (Å²) in [5.74, 6) is -1.46. The molecule has 0 aromatic heterocycles. The van der Waals surface area contributed by atoms with Gasteiger partial charge in [-0.3, -0.25) is 9.52 Å². The van der Waals surface area contributed by atoms with E-state index in [0.29, 0.717) is 0 Å². The lowest BCUT2D eigenvalue weighted by molar-refractivity contribution is 0.0696. The van der Waals surface area contributed by atoms with Crippen LogP contribution in [0.1, 0.15) is 20.7 Å². The van der Waals surface area contributed by atoms with Crippen molar-refractivity contribution in [1.29, 1.82) is 0 Å². The third kappa shape index (κ3) is 4.28. The standard InChI is InChI=1S/C16H15ClN2O5S/c1-19(2)15(20)11-5-8-13(17)14(9-11)18-25(23,24)12-6-3-10(4-7-12)16(21)22/h3-9,18H,1-2H3,(H,21,22). The summed E-state index contributed by atoms with van der Waals surface area (Å²) in [6.45, 7) is 0. The highest BCUT2D eigenvalue weighted by Crippen LogP contribution is 2.26. The van der Waals surface area contributed by atoms with Gasteiger partial charge in [-0.05, 0) is 42.5 Å². The Morgan fingerprint density at radius 3 is 2.12 bits per heavy atom. The third-order valence-electron chi connectivity index (χ3n) is 3.28. The molecule has 9 heteroatoms. The van der Waals surface area contributed by atoms with Gasteiger partial charge in [-0.1, -0.05) is 11.6 Å². The molecular formula is C16H15ClN2O5S. The van der Waals surface area contributed by atoms with Gasteiger partial charge in [-0.15, -0.1) is 0 Å². The first-order valence-electron chi connectivity index (χ1n) is 6.99. The first-order valence-corrected chi connectivity index (χ1v) is 8.85. The molecule has 2 rings (SSSR count). The summed E-state index contributed by atoms with van der Waals surface area (Å²) in [6.07, 6.45) is 0. The molecular weight excluding hydrogens is 368 g/mol. The van der Waals surface area contributed by atoms with Gasteiger partial charge in [-0.25, -0.2) is 13.2 Å². The minimum Gasteiger partial charge on any atom is -0.478 e. The Morgan fingerprint density at radius 1 is 1.04 bits per heavy atom. The normalized spacial score (nSPS) is 11.0. The second-order valence-electron chi connectivity index (χ2n) is 5.33. The van der Waals surface area contributed by atoms with Crippen LogP contribution in [0, 0.1) is 0 Å². The molecule has 25 heavy (non-hydrogen) atoms. The van der Waals surface area contributed by atoms with Crippen LogP contribution in [0.25, 0.3) is 0 Å². The van der Waals surface area contributed by atoms with Gasteiger partial charge >= 0.3 is 5.97 Å². The average Bonchev–Trinajstić information content (AvgIpc) is 2.56. The molecule has 2 N–H and O–H groups in total. The number of hydrogen-bond acceptors (Lipinski definition) is 4. The molecule has 0 saturated carbocycles. The van der Waals surface area contributed by atoms with E-state index in [1.54, 1.807) is 14.1 Å². The molecule has 0 aliphatic carbocycles.